The van der Waals surface area contributed by atoms with Gasteiger partial charge < -0.3 is 9.47 Å². The first-order chi connectivity index (χ1) is 13.5. The number of aromatic amines is 1. The van der Waals surface area contributed by atoms with Crippen LogP contribution in [0.1, 0.15) is 17.0 Å². The van der Waals surface area contributed by atoms with Crippen LogP contribution in [0.5, 0.6) is 11.5 Å². The summed E-state index contributed by atoms with van der Waals surface area (Å²) in [5.74, 6) is 1.74. The monoisotopic (exact) mass is 399 g/mol. The minimum atomic E-state index is -0.438. The first kappa shape index (κ1) is 19.2. The van der Waals surface area contributed by atoms with E-state index in [1.54, 1.807) is 44.5 Å². The van der Waals surface area contributed by atoms with E-state index in [0.717, 1.165) is 11.1 Å². The molecule has 1 heterocycles. The summed E-state index contributed by atoms with van der Waals surface area (Å²) in [5, 5.41) is 21.7. The lowest BCUT2D eigenvalue weighted by atomic mass is 10.2. The number of non-ortho nitro benzene ring substituents is 1. The van der Waals surface area contributed by atoms with Gasteiger partial charge >= 0.3 is 0 Å². The van der Waals surface area contributed by atoms with Crippen molar-refractivity contribution in [2.45, 2.75) is 13.5 Å². The number of nitro benzene ring substituents is 1. The van der Waals surface area contributed by atoms with Crippen LogP contribution in [0, 0.1) is 21.8 Å². The molecule has 10 heteroatoms. The van der Waals surface area contributed by atoms with Gasteiger partial charge in [0, 0.05) is 12.1 Å². The van der Waals surface area contributed by atoms with Crippen LogP contribution in [0.15, 0.2) is 47.6 Å². The summed E-state index contributed by atoms with van der Waals surface area (Å²) in [5.41, 5.74) is 1.64. The van der Waals surface area contributed by atoms with Crippen molar-refractivity contribution in [3.05, 3.63) is 74.3 Å². The maximum atomic E-state index is 10.7. The highest BCUT2D eigenvalue weighted by molar-refractivity contribution is 7.71. The van der Waals surface area contributed by atoms with E-state index >= 15 is 0 Å². The summed E-state index contributed by atoms with van der Waals surface area (Å²) in [4.78, 5) is 10.3. The molecule has 1 aromatic heterocycles. The highest BCUT2D eigenvalue weighted by Crippen LogP contribution is 2.28. The van der Waals surface area contributed by atoms with Crippen LogP contribution in [-0.4, -0.2) is 33.1 Å². The molecule has 3 aromatic rings. The van der Waals surface area contributed by atoms with Crippen molar-refractivity contribution in [2.75, 3.05) is 7.11 Å². The molecule has 0 radical (unpaired) electrons. The molecule has 0 aliphatic carbocycles. The number of aromatic nitrogens is 3. The Hall–Kier alpha value is -3.53. The Morgan fingerprint density at radius 1 is 1.29 bits per heavy atom. The molecule has 0 saturated heterocycles. The maximum Gasteiger partial charge on any atom is 0.269 e. The largest absolute Gasteiger partial charge is 0.493 e. The van der Waals surface area contributed by atoms with E-state index in [2.05, 4.69) is 15.3 Å². The van der Waals surface area contributed by atoms with E-state index < -0.39 is 4.92 Å². The van der Waals surface area contributed by atoms with E-state index in [1.165, 1.54) is 16.8 Å². The molecule has 3 rings (SSSR count). The number of nitro groups is 1. The Morgan fingerprint density at radius 2 is 2.04 bits per heavy atom. The highest BCUT2D eigenvalue weighted by Gasteiger charge is 2.08. The average molecular weight is 399 g/mol. The fourth-order valence-corrected chi connectivity index (χ4v) is 2.61. The Labute approximate surface area is 165 Å². The molecule has 0 aliphatic heterocycles. The number of nitrogens with one attached hydrogen (secondary N) is 1. The van der Waals surface area contributed by atoms with Crippen molar-refractivity contribution >= 4 is 24.1 Å². The molecule has 0 unspecified atom stereocenters. The van der Waals surface area contributed by atoms with E-state index in [4.69, 9.17) is 21.7 Å². The van der Waals surface area contributed by atoms with Crippen molar-refractivity contribution in [1.29, 1.82) is 0 Å². The Balaban J connectivity index is 1.72. The molecule has 0 bridgehead atoms. The van der Waals surface area contributed by atoms with Crippen LogP contribution >= 0.6 is 12.2 Å². The number of aryl methyl sites for hydroxylation is 1. The number of methoxy groups -OCH3 is 1. The quantitative estimate of drug-likeness (QED) is 0.281. The second kappa shape index (κ2) is 8.44. The third kappa shape index (κ3) is 4.41. The number of benzene rings is 2. The highest BCUT2D eigenvalue weighted by atomic mass is 32.1. The van der Waals surface area contributed by atoms with Crippen LogP contribution in [0.4, 0.5) is 5.69 Å². The molecular formula is C18H17N5O4S. The lowest BCUT2D eigenvalue weighted by molar-refractivity contribution is -0.384. The van der Waals surface area contributed by atoms with Crippen LogP contribution in [0.25, 0.3) is 0 Å². The summed E-state index contributed by atoms with van der Waals surface area (Å²) < 4.78 is 13.1. The molecular weight excluding hydrogens is 382 g/mol. The molecule has 0 atom stereocenters. The molecule has 0 aliphatic rings. The van der Waals surface area contributed by atoms with Crippen LogP contribution in [-0.2, 0) is 6.61 Å². The predicted octanol–water partition coefficient (Wildman–Crippen LogP) is 3.63. The molecule has 0 amide bonds. The van der Waals surface area contributed by atoms with Crippen molar-refractivity contribution in [3.8, 4) is 11.5 Å². The average Bonchev–Trinajstić information content (AvgIpc) is 3.02. The summed E-state index contributed by atoms with van der Waals surface area (Å²) in [6.07, 6.45) is 1.64. The molecule has 9 nitrogen and oxygen atoms in total. The van der Waals surface area contributed by atoms with E-state index in [9.17, 15) is 10.1 Å². The van der Waals surface area contributed by atoms with E-state index in [0.29, 0.717) is 22.1 Å². The topological polar surface area (TPSA) is 108 Å². The first-order valence-corrected chi connectivity index (χ1v) is 8.61. The third-order valence-corrected chi connectivity index (χ3v) is 4.13. The fourth-order valence-electron chi connectivity index (χ4n) is 2.39. The van der Waals surface area contributed by atoms with Crippen molar-refractivity contribution < 1.29 is 14.4 Å². The molecule has 1 N–H and O–H groups in total. The zero-order valence-corrected chi connectivity index (χ0v) is 16.0. The number of nitrogens with zero attached hydrogens (tertiary/aromatic N) is 4. The number of hydrogen-bond acceptors (Lipinski definition) is 7. The zero-order chi connectivity index (χ0) is 20.1. The molecule has 0 saturated carbocycles. The first-order valence-electron chi connectivity index (χ1n) is 8.20. The van der Waals surface area contributed by atoms with Gasteiger partial charge in [-0.15, -0.1) is 0 Å². The molecule has 0 spiro atoms. The number of hydrogen-bond donors (Lipinski definition) is 1. The van der Waals surface area contributed by atoms with Gasteiger partial charge in [0.15, 0.2) is 11.5 Å². The van der Waals surface area contributed by atoms with Crippen LogP contribution < -0.4 is 9.47 Å². The summed E-state index contributed by atoms with van der Waals surface area (Å²) in [6.45, 7) is 2.05. The molecule has 2 aromatic carbocycles. The number of H-pyrrole nitrogens is 1. The SMILES string of the molecule is COc1cc(/C=N\n2c(C)n[nH]c2=S)ccc1OCc1ccc([N+](=O)[O-])cc1. The van der Waals surface area contributed by atoms with Gasteiger partial charge in [-0.05, 0) is 60.6 Å². The van der Waals surface area contributed by atoms with Crippen LogP contribution in [0.2, 0.25) is 0 Å². The van der Waals surface area contributed by atoms with E-state index in [-0.39, 0.29) is 12.3 Å². The van der Waals surface area contributed by atoms with Gasteiger partial charge in [-0.25, -0.2) is 0 Å². The molecule has 144 valence electrons. The molecule has 28 heavy (non-hydrogen) atoms. The normalized spacial score (nSPS) is 10.9. The lowest BCUT2D eigenvalue weighted by Gasteiger charge is -2.11. The minimum absolute atomic E-state index is 0.0398. The van der Waals surface area contributed by atoms with Crippen molar-refractivity contribution in [2.24, 2.45) is 5.10 Å². The zero-order valence-electron chi connectivity index (χ0n) is 15.2. The van der Waals surface area contributed by atoms with Gasteiger partial charge in [-0.3, -0.25) is 15.2 Å². The van der Waals surface area contributed by atoms with Crippen molar-refractivity contribution in [1.82, 2.24) is 14.9 Å². The van der Waals surface area contributed by atoms with Gasteiger partial charge in [0.05, 0.1) is 18.2 Å². The smallest absolute Gasteiger partial charge is 0.269 e. The third-order valence-electron chi connectivity index (χ3n) is 3.86. The minimum Gasteiger partial charge on any atom is -0.493 e. The number of rotatable bonds is 7. The Bertz CT molecular complexity index is 1070. The second-order valence-electron chi connectivity index (χ2n) is 5.75. The van der Waals surface area contributed by atoms with Gasteiger partial charge in [0.2, 0.25) is 4.77 Å². The van der Waals surface area contributed by atoms with E-state index in [1.807, 2.05) is 6.07 Å². The van der Waals surface area contributed by atoms with Crippen molar-refractivity contribution in [3.63, 3.8) is 0 Å². The second-order valence-corrected chi connectivity index (χ2v) is 6.14. The standard InChI is InChI=1S/C18H17N5O4S/c1-12-20-21-18(28)22(12)19-10-14-5-8-16(17(9-14)26-2)27-11-13-3-6-15(7-4-13)23(24)25/h3-10H,11H2,1-2H3,(H,21,28)/b19-10-. The summed E-state index contributed by atoms with van der Waals surface area (Å²) >= 11 is 5.11. The maximum absolute atomic E-state index is 10.7. The Morgan fingerprint density at radius 3 is 2.64 bits per heavy atom. The lowest BCUT2D eigenvalue weighted by Crippen LogP contribution is -1.99. The predicted molar refractivity (Wildman–Crippen MR) is 106 cm³/mol. The summed E-state index contributed by atoms with van der Waals surface area (Å²) in [7, 11) is 1.55. The van der Waals surface area contributed by atoms with Gasteiger partial charge in [-0.1, -0.05) is 0 Å². The van der Waals surface area contributed by atoms with Crippen LogP contribution in [0.3, 0.4) is 0 Å². The summed E-state index contributed by atoms with van der Waals surface area (Å²) in [6, 6.07) is 11.6. The number of ether oxygens (including phenoxy) is 2. The fraction of sp³-hybridized carbons (Fsp3) is 0.167. The van der Waals surface area contributed by atoms with Gasteiger partial charge in [0.25, 0.3) is 5.69 Å². The molecule has 0 fully saturated rings. The Kier molecular flexibility index (Phi) is 5.80. The van der Waals surface area contributed by atoms with Gasteiger partial charge in [-0.2, -0.15) is 14.9 Å². The van der Waals surface area contributed by atoms with Gasteiger partial charge in [0.1, 0.15) is 12.4 Å².